The highest BCUT2D eigenvalue weighted by atomic mass is 35.5. The van der Waals surface area contributed by atoms with Crippen LogP contribution in [0.3, 0.4) is 0 Å². The Morgan fingerprint density at radius 2 is 1.93 bits per heavy atom. The van der Waals surface area contributed by atoms with Crippen molar-refractivity contribution >= 4 is 39.3 Å². The maximum Gasteiger partial charge on any atom is 0.248 e. The van der Waals surface area contributed by atoms with Gasteiger partial charge in [0.25, 0.3) is 0 Å². The van der Waals surface area contributed by atoms with Gasteiger partial charge in [0.15, 0.2) is 0 Å². The molecular weight excluding hydrogens is 395 g/mol. The largest absolute Gasteiger partial charge is 0.495 e. The lowest BCUT2D eigenvalue weighted by atomic mass is 10.2. The summed E-state index contributed by atoms with van der Waals surface area (Å²) < 4.78 is 44.7. The summed E-state index contributed by atoms with van der Waals surface area (Å²) in [5, 5.41) is 2.60. The van der Waals surface area contributed by atoms with E-state index in [-0.39, 0.29) is 21.4 Å². The Bertz CT molecular complexity index is 991. The van der Waals surface area contributed by atoms with Crippen LogP contribution in [0.25, 0.3) is 6.08 Å². The third-order valence-corrected chi connectivity index (χ3v) is 5.63. The van der Waals surface area contributed by atoms with Crippen molar-refractivity contribution in [3.05, 3.63) is 58.9 Å². The lowest BCUT2D eigenvalue weighted by Crippen LogP contribution is -2.22. The summed E-state index contributed by atoms with van der Waals surface area (Å²) in [7, 11) is 0.458. The number of nitrogens with one attached hydrogen (secondary N) is 1. The lowest BCUT2D eigenvalue weighted by molar-refractivity contribution is -0.111. The second-order valence-corrected chi connectivity index (χ2v) is 8.20. The van der Waals surface area contributed by atoms with Crippen molar-refractivity contribution in [2.45, 2.75) is 4.90 Å². The van der Waals surface area contributed by atoms with Crippen LogP contribution in [0.1, 0.15) is 5.56 Å². The number of amides is 1. The molecule has 27 heavy (non-hydrogen) atoms. The minimum Gasteiger partial charge on any atom is -0.495 e. The first-order chi connectivity index (χ1) is 12.6. The van der Waals surface area contributed by atoms with Gasteiger partial charge in [-0.05, 0) is 42.0 Å². The summed E-state index contributed by atoms with van der Waals surface area (Å²) in [6.45, 7) is 0. The fraction of sp³-hybridized carbons (Fsp3) is 0.167. The van der Waals surface area contributed by atoms with Crippen molar-refractivity contribution in [3.63, 3.8) is 0 Å². The topological polar surface area (TPSA) is 75.7 Å². The molecule has 0 spiro atoms. The number of anilines is 1. The van der Waals surface area contributed by atoms with E-state index < -0.39 is 21.7 Å². The standard InChI is InChI=1S/C18H18ClFN2O4S/c1-22(2)27(24,25)17-10-12(4-8-16(17)26-3)5-9-18(23)21-15-7-6-13(19)11-14(15)20/h4-11H,1-3H3,(H,21,23)/b9-5+. The van der Waals surface area contributed by atoms with Gasteiger partial charge in [-0.2, -0.15) is 0 Å². The first-order valence-corrected chi connectivity index (χ1v) is 9.51. The molecule has 0 unspecified atom stereocenters. The third kappa shape index (κ3) is 5.06. The number of hydrogen-bond donors (Lipinski definition) is 1. The van der Waals surface area contributed by atoms with Gasteiger partial charge >= 0.3 is 0 Å². The van der Waals surface area contributed by atoms with Gasteiger partial charge in [-0.15, -0.1) is 0 Å². The van der Waals surface area contributed by atoms with Crippen LogP contribution in [0.5, 0.6) is 5.75 Å². The predicted octanol–water partition coefficient (Wildman–Crippen LogP) is 3.39. The van der Waals surface area contributed by atoms with Gasteiger partial charge in [0.05, 0.1) is 12.8 Å². The van der Waals surface area contributed by atoms with E-state index in [0.717, 1.165) is 10.4 Å². The number of halogens is 2. The second kappa shape index (κ2) is 8.51. The van der Waals surface area contributed by atoms with E-state index in [1.807, 2.05) is 0 Å². The number of hydrogen-bond acceptors (Lipinski definition) is 4. The molecule has 2 aromatic rings. The molecule has 0 atom stereocenters. The molecule has 0 bridgehead atoms. The molecule has 0 fully saturated rings. The second-order valence-electron chi connectivity index (χ2n) is 5.64. The van der Waals surface area contributed by atoms with Crippen molar-refractivity contribution in [2.75, 3.05) is 26.5 Å². The van der Waals surface area contributed by atoms with E-state index in [2.05, 4.69) is 5.32 Å². The summed E-state index contributed by atoms with van der Waals surface area (Å²) in [6, 6.07) is 8.36. The third-order valence-electron chi connectivity index (χ3n) is 3.56. The van der Waals surface area contributed by atoms with Crippen LogP contribution < -0.4 is 10.1 Å². The molecule has 1 N–H and O–H groups in total. The number of carbonyl (C=O) groups is 1. The maximum atomic E-state index is 13.7. The van der Waals surface area contributed by atoms with Gasteiger partial charge in [-0.3, -0.25) is 4.79 Å². The summed E-state index contributed by atoms with van der Waals surface area (Å²) in [5.74, 6) is -1.05. The molecule has 2 rings (SSSR count). The monoisotopic (exact) mass is 412 g/mol. The maximum absolute atomic E-state index is 13.7. The first kappa shape index (κ1) is 20.9. The highest BCUT2D eigenvalue weighted by molar-refractivity contribution is 7.89. The quantitative estimate of drug-likeness (QED) is 0.738. The minimum absolute atomic E-state index is 0.0142. The molecule has 0 radical (unpaired) electrons. The van der Waals surface area contributed by atoms with Crippen LogP contribution in [-0.2, 0) is 14.8 Å². The number of rotatable bonds is 6. The van der Waals surface area contributed by atoms with Gasteiger partial charge in [0.2, 0.25) is 15.9 Å². The number of ether oxygens (including phenoxy) is 1. The molecule has 0 heterocycles. The van der Waals surface area contributed by atoms with Gasteiger partial charge in [0, 0.05) is 25.2 Å². The molecule has 0 saturated carbocycles. The Morgan fingerprint density at radius 1 is 1.22 bits per heavy atom. The SMILES string of the molecule is COc1ccc(/C=C/C(=O)Nc2ccc(Cl)cc2F)cc1S(=O)(=O)N(C)C. The van der Waals surface area contributed by atoms with Crippen molar-refractivity contribution in [2.24, 2.45) is 0 Å². The zero-order valence-electron chi connectivity index (χ0n) is 14.9. The average Bonchev–Trinajstić information content (AvgIpc) is 2.62. The average molecular weight is 413 g/mol. The predicted molar refractivity (Wildman–Crippen MR) is 103 cm³/mol. The Morgan fingerprint density at radius 3 is 2.52 bits per heavy atom. The fourth-order valence-electron chi connectivity index (χ4n) is 2.13. The van der Waals surface area contributed by atoms with E-state index >= 15 is 0 Å². The Labute approximate surface area is 162 Å². The van der Waals surface area contributed by atoms with E-state index in [1.165, 1.54) is 57.6 Å². The number of carbonyl (C=O) groups excluding carboxylic acids is 1. The van der Waals surface area contributed by atoms with Crippen LogP contribution in [0, 0.1) is 5.82 Å². The van der Waals surface area contributed by atoms with E-state index in [9.17, 15) is 17.6 Å². The summed E-state index contributed by atoms with van der Waals surface area (Å²) in [6.07, 6.45) is 2.58. The minimum atomic E-state index is -3.73. The Kier molecular flexibility index (Phi) is 6.59. The lowest BCUT2D eigenvalue weighted by Gasteiger charge is -2.15. The van der Waals surface area contributed by atoms with Crippen LogP contribution in [0.4, 0.5) is 10.1 Å². The van der Waals surface area contributed by atoms with Crippen LogP contribution in [-0.4, -0.2) is 39.8 Å². The molecule has 0 aliphatic carbocycles. The molecule has 1 amide bonds. The van der Waals surface area contributed by atoms with Gasteiger partial charge < -0.3 is 10.1 Å². The number of sulfonamides is 1. The molecule has 0 aromatic heterocycles. The van der Waals surface area contributed by atoms with Crippen molar-refractivity contribution in [3.8, 4) is 5.75 Å². The van der Waals surface area contributed by atoms with E-state index in [1.54, 1.807) is 6.07 Å². The first-order valence-electron chi connectivity index (χ1n) is 7.70. The molecule has 6 nitrogen and oxygen atoms in total. The zero-order valence-corrected chi connectivity index (χ0v) is 16.4. The molecule has 144 valence electrons. The smallest absolute Gasteiger partial charge is 0.248 e. The van der Waals surface area contributed by atoms with E-state index in [4.69, 9.17) is 16.3 Å². The number of nitrogens with zero attached hydrogens (tertiary/aromatic N) is 1. The molecule has 0 aliphatic rings. The highest BCUT2D eigenvalue weighted by Crippen LogP contribution is 2.27. The Balaban J connectivity index is 2.25. The van der Waals surface area contributed by atoms with Crippen LogP contribution in [0.2, 0.25) is 5.02 Å². The van der Waals surface area contributed by atoms with E-state index in [0.29, 0.717) is 5.56 Å². The van der Waals surface area contributed by atoms with Crippen molar-refractivity contribution in [1.29, 1.82) is 0 Å². The Hall–Kier alpha value is -2.42. The molecule has 9 heteroatoms. The van der Waals surface area contributed by atoms with Gasteiger partial charge in [0.1, 0.15) is 16.5 Å². The summed E-state index contributed by atoms with van der Waals surface area (Å²) in [4.78, 5) is 12.0. The normalized spacial score (nSPS) is 11.8. The number of benzene rings is 2. The van der Waals surface area contributed by atoms with Crippen LogP contribution in [0.15, 0.2) is 47.4 Å². The molecule has 0 saturated heterocycles. The number of methoxy groups -OCH3 is 1. The fourth-order valence-corrected chi connectivity index (χ4v) is 3.38. The molecule has 2 aromatic carbocycles. The molecule has 0 aliphatic heterocycles. The summed E-state index contributed by atoms with van der Waals surface area (Å²) >= 11 is 5.66. The van der Waals surface area contributed by atoms with Crippen molar-refractivity contribution < 1.29 is 22.3 Å². The van der Waals surface area contributed by atoms with Gasteiger partial charge in [-0.1, -0.05) is 17.7 Å². The van der Waals surface area contributed by atoms with Crippen molar-refractivity contribution in [1.82, 2.24) is 4.31 Å². The van der Waals surface area contributed by atoms with Gasteiger partial charge in [-0.25, -0.2) is 17.1 Å². The van der Waals surface area contributed by atoms with Crippen LogP contribution >= 0.6 is 11.6 Å². The molecular formula is C18H18ClFN2O4S. The zero-order chi connectivity index (χ0) is 20.2. The summed E-state index contributed by atoms with van der Waals surface area (Å²) in [5.41, 5.74) is 0.447. The highest BCUT2D eigenvalue weighted by Gasteiger charge is 2.22.